The summed E-state index contributed by atoms with van der Waals surface area (Å²) in [5.41, 5.74) is 9.78. The second kappa shape index (κ2) is 10.6. The maximum Gasteiger partial charge on any atom is 0.0605 e. The van der Waals surface area contributed by atoms with Crippen LogP contribution in [0, 0.1) is 11.8 Å². The zero-order valence-corrected chi connectivity index (χ0v) is 19.8. The van der Waals surface area contributed by atoms with Crippen molar-refractivity contribution in [3.05, 3.63) is 36.1 Å². The van der Waals surface area contributed by atoms with Crippen LogP contribution in [-0.2, 0) is 0 Å². The largest absolute Gasteiger partial charge is 0.328 e. The molecule has 4 rings (SSSR count). The van der Waals surface area contributed by atoms with Gasteiger partial charge in [0.05, 0.1) is 11.8 Å². The van der Waals surface area contributed by atoms with Crippen LogP contribution >= 0.6 is 0 Å². The Morgan fingerprint density at radius 2 is 1.77 bits per heavy atom. The Hall–Kier alpha value is -1.23. The Kier molecular flexibility index (Phi) is 7.84. The maximum atomic E-state index is 6.04. The molecule has 3 fully saturated rings. The van der Waals surface area contributed by atoms with E-state index in [0.717, 1.165) is 12.3 Å². The lowest BCUT2D eigenvalue weighted by Crippen LogP contribution is -2.63. The zero-order chi connectivity index (χ0) is 21.8. The van der Waals surface area contributed by atoms with Crippen molar-refractivity contribution in [1.82, 2.24) is 10.6 Å². The summed E-state index contributed by atoms with van der Waals surface area (Å²) in [4.78, 5) is 4.86. The first kappa shape index (κ1) is 22.9. The zero-order valence-electron chi connectivity index (χ0n) is 19.8. The summed E-state index contributed by atoms with van der Waals surface area (Å²) in [6, 6.07) is 2.63. The van der Waals surface area contributed by atoms with E-state index in [1.807, 2.05) is 6.20 Å². The molecule has 172 valence electrons. The lowest BCUT2D eigenvalue weighted by Gasteiger charge is -2.45. The minimum Gasteiger partial charge on any atom is -0.328 e. The quantitative estimate of drug-likeness (QED) is 0.455. The van der Waals surface area contributed by atoms with Gasteiger partial charge in [-0.2, -0.15) is 0 Å². The summed E-state index contributed by atoms with van der Waals surface area (Å²) in [6.45, 7) is 9.01. The minimum atomic E-state index is 0.370. The van der Waals surface area contributed by atoms with Gasteiger partial charge in [-0.05, 0) is 74.0 Å². The predicted molar refractivity (Wildman–Crippen MR) is 132 cm³/mol. The molecule has 0 amide bonds. The van der Waals surface area contributed by atoms with Crippen LogP contribution in [0.3, 0.4) is 0 Å². The van der Waals surface area contributed by atoms with Crippen LogP contribution in [0.25, 0.3) is 0 Å². The Morgan fingerprint density at radius 3 is 2.52 bits per heavy atom. The number of nitrogens with two attached hydrogens (primary N) is 1. The van der Waals surface area contributed by atoms with Gasteiger partial charge in [0, 0.05) is 30.4 Å². The average Bonchev–Trinajstić information content (AvgIpc) is 3.52. The molecule has 1 aliphatic carbocycles. The Balaban J connectivity index is 1.22. The van der Waals surface area contributed by atoms with Crippen molar-refractivity contribution in [3.63, 3.8) is 0 Å². The molecule has 1 saturated carbocycles. The van der Waals surface area contributed by atoms with E-state index in [1.54, 1.807) is 0 Å². The van der Waals surface area contributed by atoms with Crippen LogP contribution in [0.5, 0.6) is 0 Å². The highest BCUT2D eigenvalue weighted by Crippen LogP contribution is 2.33. The fourth-order valence-electron chi connectivity index (χ4n) is 5.84. The van der Waals surface area contributed by atoms with E-state index >= 15 is 0 Å². The molecule has 4 heteroatoms. The van der Waals surface area contributed by atoms with Crippen molar-refractivity contribution in [1.29, 1.82) is 0 Å². The molecule has 3 aliphatic heterocycles. The Bertz CT molecular complexity index is 713. The number of nitrogens with one attached hydrogen (secondary N) is 2. The normalized spacial score (nSPS) is 42.4. The first-order chi connectivity index (χ1) is 15.1. The number of unbranched alkanes of at least 4 members (excludes halogenated alkanes) is 1. The number of hydrogen-bond donors (Lipinski definition) is 3. The fourth-order valence-corrected chi connectivity index (χ4v) is 5.84. The lowest BCUT2D eigenvalue weighted by molar-refractivity contribution is 0.195. The number of nitrogens with zero attached hydrogens (tertiary/aromatic N) is 1. The third kappa shape index (κ3) is 5.77. The summed E-state index contributed by atoms with van der Waals surface area (Å²) in [5.74, 6) is 1.56. The smallest absolute Gasteiger partial charge is 0.0605 e. The molecule has 4 N–H and O–H groups in total. The van der Waals surface area contributed by atoms with Crippen LogP contribution in [-0.4, -0.2) is 35.9 Å². The van der Waals surface area contributed by atoms with Crippen molar-refractivity contribution < 1.29 is 0 Å². The second-order valence-corrected chi connectivity index (χ2v) is 10.6. The second-order valence-electron chi connectivity index (χ2n) is 10.6. The maximum absolute atomic E-state index is 6.04. The van der Waals surface area contributed by atoms with Crippen molar-refractivity contribution in [2.75, 3.05) is 0 Å². The van der Waals surface area contributed by atoms with E-state index < -0.39 is 0 Å². The fraction of sp³-hybridized carbons (Fsp3) is 0.741. The van der Waals surface area contributed by atoms with Crippen molar-refractivity contribution in [2.45, 2.75) is 115 Å². The van der Waals surface area contributed by atoms with Crippen molar-refractivity contribution >= 4 is 5.71 Å². The Labute approximate surface area is 189 Å². The minimum absolute atomic E-state index is 0.370. The topological polar surface area (TPSA) is 72.3 Å². The summed E-state index contributed by atoms with van der Waals surface area (Å²) in [7, 11) is 0. The highest BCUT2D eigenvalue weighted by molar-refractivity contribution is 6.05. The van der Waals surface area contributed by atoms with Gasteiger partial charge < -0.3 is 16.4 Å². The van der Waals surface area contributed by atoms with E-state index in [2.05, 4.69) is 43.2 Å². The number of rotatable bonds is 9. The summed E-state index contributed by atoms with van der Waals surface area (Å²) in [5, 5.41) is 7.46. The van der Waals surface area contributed by atoms with E-state index in [9.17, 15) is 0 Å². The van der Waals surface area contributed by atoms with Gasteiger partial charge in [0.25, 0.3) is 0 Å². The van der Waals surface area contributed by atoms with Crippen LogP contribution in [0.1, 0.15) is 84.5 Å². The van der Waals surface area contributed by atoms with Crippen molar-refractivity contribution in [2.24, 2.45) is 22.6 Å². The molecule has 0 spiro atoms. The van der Waals surface area contributed by atoms with Crippen LogP contribution in [0.2, 0.25) is 0 Å². The van der Waals surface area contributed by atoms with Gasteiger partial charge in [-0.3, -0.25) is 4.99 Å². The van der Waals surface area contributed by atoms with Gasteiger partial charge in [0.2, 0.25) is 0 Å². The molecular weight excluding hydrogens is 380 g/mol. The number of hydrogen-bond acceptors (Lipinski definition) is 4. The van der Waals surface area contributed by atoms with Gasteiger partial charge in [-0.1, -0.05) is 52.2 Å². The van der Waals surface area contributed by atoms with Gasteiger partial charge in [0.15, 0.2) is 0 Å². The van der Waals surface area contributed by atoms with Crippen LogP contribution < -0.4 is 16.4 Å². The molecule has 0 aromatic rings. The van der Waals surface area contributed by atoms with E-state index in [4.69, 9.17) is 10.7 Å². The van der Waals surface area contributed by atoms with E-state index in [-0.39, 0.29) is 0 Å². The molecule has 2 saturated heterocycles. The predicted octanol–water partition coefficient (Wildman–Crippen LogP) is 5.02. The van der Waals surface area contributed by atoms with Gasteiger partial charge in [-0.25, -0.2) is 0 Å². The molecule has 3 heterocycles. The van der Waals surface area contributed by atoms with Gasteiger partial charge in [-0.15, -0.1) is 0 Å². The standard InChI is InChI=1S/C27H44N4/c1-4-5-8-23-19(3)26(30-23)25-18(2)10-13-21(16-17-29-25)27-24(31-27)9-6-7-20-11-14-22(28)15-12-20/h13,16-17,19-20,22-24,26-27,30-31H,2,4-12,14-15,28H2,1,3H3/b17-16-,21-13-,29-25+/t19-,20?,22?,23?,24-,26+,27?/m0/s1. The molecule has 4 aliphatic rings. The number of aliphatic imine (C=N–C) groups is 1. The number of allylic oxidation sites excluding steroid dienone is 1. The molecular formula is C27H44N4. The van der Waals surface area contributed by atoms with Crippen LogP contribution in [0.4, 0.5) is 0 Å². The molecule has 5 atom stereocenters. The van der Waals surface area contributed by atoms with Crippen LogP contribution in [0.15, 0.2) is 41.1 Å². The molecule has 0 aromatic carbocycles. The third-order valence-corrected chi connectivity index (χ3v) is 8.21. The van der Waals surface area contributed by atoms with Gasteiger partial charge >= 0.3 is 0 Å². The van der Waals surface area contributed by atoms with Crippen molar-refractivity contribution in [3.8, 4) is 0 Å². The first-order valence-electron chi connectivity index (χ1n) is 13.0. The molecule has 4 nitrogen and oxygen atoms in total. The third-order valence-electron chi connectivity index (χ3n) is 8.21. The monoisotopic (exact) mass is 424 g/mol. The molecule has 2 unspecified atom stereocenters. The molecule has 0 aromatic heterocycles. The lowest BCUT2D eigenvalue weighted by atomic mass is 9.77. The highest BCUT2D eigenvalue weighted by Gasteiger charge is 2.41. The van der Waals surface area contributed by atoms with E-state index in [1.165, 1.54) is 81.1 Å². The Morgan fingerprint density at radius 1 is 1.03 bits per heavy atom. The average molecular weight is 425 g/mol. The summed E-state index contributed by atoms with van der Waals surface area (Å²) >= 11 is 0. The summed E-state index contributed by atoms with van der Waals surface area (Å²) < 4.78 is 0. The summed E-state index contributed by atoms with van der Waals surface area (Å²) in [6.07, 6.45) is 20.5. The van der Waals surface area contributed by atoms with E-state index in [0.29, 0.717) is 36.1 Å². The molecule has 0 bridgehead atoms. The highest BCUT2D eigenvalue weighted by atomic mass is 15.1. The molecule has 0 radical (unpaired) electrons. The first-order valence-corrected chi connectivity index (χ1v) is 13.0. The SMILES string of the molecule is C=C1C/C=C(C2N[C@H]2CCCC2CCC(N)CC2)/C=C\N=C/1[C@@H]1NC(CCCC)[C@@H]1C. The molecule has 31 heavy (non-hydrogen) atoms. The van der Waals surface area contributed by atoms with Gasteiger partial charge in [0.1, 0.15) is 0 Å².